The van der Waals surface area contributed by atoms with Gasteiger partial charge in [-0.2, -0.15) is 0 Å². The standard InChI is InChI=1S/C14H22O3/c1-4-17-13-7-10(2)14(11(3)8-13)6-5-12(16)9-15/h7-8,12,15-16H,4-6,9H2,1-3H3. The highest BCUT2D eigenvalue weighted by Crippen LogP contribution is 2.23. The molecule has 1 aromatic carbocycles. The summed E-state index contributed by atoms with van der Waals surface area (Å²) in [4.78, 5) is 0. The zero-order chi connectivity index (χ0) is 12.8. The Morgan fingerprint density at radius 3 is 2.29 bits per heavy atom. The Kier molecular flexibility index (Phi) is 5.45. The van der Waals surface area contributed by atoms with Gasteiger partial charge in [0.25, 0.3) is 0 Å². The molecule has 96 valence electrons. The lowest BCUT2D eigenvalue weighted by atomic mass is 9.97. The van der Waals surface area contributed by atoms with Crippen LogP contribution in [0.2, 0.25) is 0 Å². The van der Waals surface area contributed by atoms with Crippen LogP contribution in [0.5, 0.6) is 5.75 Å². The van der Waals surface area contributed by atoms with Gasteiger partial charge in [-0.1, -0.05) is 0 Å². The summed E-state index contributed by atoms with van der Waals surface area (Å²) in [6, 6.07) is 4.05. The number of aliphatic hydroxyl groups is 2. The van der Waals surface area contributed by atoms with Gasteiger partial charge in [0.05, 0.1) is 19.3 Å². The van der Waals surface area contributed by atoms with Crippen molar-refractivity contribution < 1.29 is 14.9 Å². The summed E-state index contributed by atoms with van der Waals surface area (Å²) in [6.07, 6.45) is 0.748. The van der Waals surface area contributed by atoms with E-state index in [0.29, 0.717) is 13.0 Å². The second-order valence-electron chi connectivity index (χ2n) is 4.34. The average Bonchev–Trinajstić information content (AvgIpc) is 2.28. The van der Waals surface area contributed by atoms with Crippen LogP contribution in [-0.2, 0) is 6.42 Å². The maximum Gasteiger partial charge on any atom is 0.119 e. The van der Waals surface area contributed by atoms with E-state index in [1.54, 1.807) is 0 Å². The molecule has 3 heteroatoms. The highest BCUT2D eigenvalue weighted by atomic mass is 16.5. The first kappa shape index (κ1) is 14.0. The SMILES string of the molecule is CCOc1cc(C)c(CCC(O)CO)c(C)c1. The molecule has 1 unspecified atom stereocenters. The summed E-state index contributed by atoms with van der Waals surface area (Å²) in [5.41, 5.74) is 3.60. The molecule has 0 amide bonds. The van der Waals surface area contributed by atoms with Gasteiger partial charge in [-0.15, -0.1) is 0 Å². The first-order valence-electron chi connectivity index (χ1n) is 6.10. The zero-order valence-corrected chi connectivity index (χ0v) is 10.9. The number of ether oxygens (including phenoxy) is 1. The Labute approximate surface area is 103 Å². The van der Waals surface area contributed by atoms with Crippen molar-refractivity contribution in [3.05, 3.63) is 28.8 Å². The van der Waals surface area contributed by atoms with E-state index in [4.69, 9.17) is 9.84 Å². The van der Waals surface area contributed by atoms with Gasteiger partial charge in [-0.25, -0.2) is 0 Å². The van der Waals surface area contributed by atoms with Gasteiger partial charge < -0.3 is 14.9 Å². The Morgan fingerprint density at radius 2 is 1.82 bits per heavy atom. The predicted octanol–water partition coefficient (Wildman–Crippen LogP) is 1.99. The van der Waals surface area contributed by atoms with Crippen molar-refractivity contribution in [2.45, 2.75) is 39.7 Å². The lowest BCUT2D eigenvalue weighted by Gasteiger charge is -2.14. The number of hydrogen-bond donors (Lipinski definition) is 2. The molecule has 0 aromatic heterocycles. The van der Waals surface area contributed by atoms with E-state index < -0.39 is 6.10 Å². The highest BCUT2D eigenvalue weighted by Gasteiger charge is 2.08. The average molecular weight is 238 g/mol. The summed E-state index contributed by atoms with van der Waals surface area (Å²) in [7, 11) is 0. The third kappa shape index (κ3) is 4.02. The van der Waals surface area contributed by atoms with Gasteiger partial charge in [-0.3, -0.25) is 0 Å². The molecule has 3 nitrogen and oxygen atoms in total. The highest BCUT2D eigenvalue weighted by molar-refractivity contribution is 5.41. The minimum absolute atomic E-state index is 0.172. The van der Waals surface area contributed by atoms with E-state index in [-0.39, 0.29) is 6.61 Å². The fourth-order valence-corrected chi connectivity index (χ4v) is 2.00. The van der Waals surface area contributed by atoms with Crippen molar-refractivity contribution in [2.75, 3.05) is 13.2 Å². The van der Waals surface area contributed by atoms with Crippen molar-refractivity contribution in [3.63, 3.8) is 0 Å². The van der Waals surface area contributed by atoms with Gasteiger partial charge in [-0.05, 0) is 62.4 Å². The van der Waals surface area contributed by atoms with Crippen LogP contribution in [-0.4, -0.2) is 29.5 Å². The first-order chi connectivity index (χ1) is 8.08. The Balaban J connectivity index is 2.78. The molecular weight excluding hydrogens is 216 g/mol. The fraction of sp³-hybridized carbons (Fsp3) is 0.571. The van der Waals surface area contributed by atoms with Crippen LogP contribution in [0.15, 0.2) is 12.1 Å². The van der Waals surface area contributed by atoms with Crippen LogP contribution in [0.4, 0.5) is 0 Å². The summed E-state index contributed by atoms with van der Waals surface area (Å²) in [5, 5.41) is 18.2. The van der Waals surface area contributed by atoms with Crippen LogP contribution >= 0.6 is 0 Å². The lowest BCUT2D eigenvalue weighted by molar-refractivity contribution is 0.0885. The molecule has 0 aliphatic rings. The Bertz CT molecular complexity index is 337. The van der Waals surface area contributed by atoms with E-state index >= 15 is 0 Å². The van der Waals surface area contributed by atoms with Crippen molar-refractivity contribution in [1.29, 1.82) is 0 Å². The molecule has 0 aliphatic carbocycles. The first-order valence-corrected chi connectivity index (χ1v) is 6.10. The van der Waals surface area contributed by atoms with Crippen LogP contribution in [0, 0.1) is 13.8 Å². The molecule has 1 rings (SSSR count). The molecule has 0 saturated heterocycles. The van der Waals surface area contributed by atoms with Crippen LogP contribution < -0.4 is 4.74 Å². The van der Waals surface area contributed by atoms with Gasteiger partial charge in [0, 0.05) is 0 Å². The molecule has 0 heterocycles. The Hall–Kier alpha value is -1.06. The summed E-state index contributed by atoms with van der Waals surface area (Å²) < 4.78 is 5.48. The van der Waals surface area contributed by atoms with Crippen molar-refractivity contribution in [2.24, 2.45) is 0 Å². The molecular formula is C14H22O3. The van der Waals surface area contributed by atoms with Gasteiger partial charge in [0.1, 0.15) is 5.75 Å². The van der Waals surface area contributed by atoms with Crippen LogP contribution in [0.25, 0.3) is 0 Å². The van der Waals surface area contributed by atoms with Gasteiger partial charge in [0.2, 0.25) is 0 Å². The van der Waals surface area contributed by atoms with Gasteiger partial charge >= 0.3 is 0 Å². The zero-order valence-electron chi connectivity index (χ0n) is 10.9. The van der Waals surface area contributed by atoms with E-state index in [0.717, 1.165) is 12.2 Å². The smallest absolute Gasteiger partial charge is 0.119 e. The summed E-state index contributed by atoms with van der Waals surface area (Å²) in [5.74, 6) is 0.897. The lowest BCUT2D eigenvalue weighted by Crippen LogP contribution is -2.13. The van der Waals surface area contributed by atoms with Crippen molar-refractivity contribution in [3.8, 4) is 5.75 Å². The number of rotatable bonds is 6. The molecule has 17 heavy (non-hydrogen) atoms. The minimum atomic E-state index is -0.625. The van der Waals surface area contributed by atoms with Crippen molar-refractivity contribution in [1.82, 2.24) is 0 Å². The number of aryl methyl sites for hydroxylation is 2. The van der Waals surface area contributed by atoms with E-state index in [1.165, 1.54) is 16.7 Å². The number of hydrogen-bond acceptors (Lipinski definition) is 3. The van der Waals surface area contributed by atoms with Crippen LogP contribution in [0.1, 0.15) is 30.0 Å². The largest absolute Gasteiger partial charge is 0.494 e. The topological polar surface area (TPSA) is 49.7 Å². The number of benzene rings is 1. The third-order valence-electron chi connectivity index (χ3n) is 2.92. The molecule has 2 N–H and O–H groups in total. The molecule has 0 aliphatic heterocycles. The third-order valence-corrected chi connectivity index (χ3v) is 2.92. The minimum Gasteiger partial charge on any atom is -0.494 e. The van der Waals surface area contributed by atoms with Gasteiger partial charge in [0.15, 0.2) is 0 Å². The fourth-order valence-electron chi connectivity index (χ4n) is 2.00. The Morgan fingerprint density at radius 1 is 1.24 bits per heavy atom. The summed E-state index contributed by atoms with van der Waals surface area (Å²) >= 11 is 0. The molecule has 1 aromatic rings. The van der Waals surface area contributed by atoms with E-state index in [1.807, 2.05) is 19.1 Å². The molecule has 0 bridgehead atoms. The molecule has 0 spiro atoms. The molecule has 0 saturated carbocycles. The van der Waals surface area contributed by atoms with Crippen LogP contribution in [0.3, 0.4) is 0 Å². The maximum atomic E-state index is 9.37. The molecule has 0 radical (unpaired) electrons. The van der Waals surface area contributed by atoms with E-state index in [9.17, 15) is 5.11 Å². The predicted molar refractivity (Wildman–Crippen MR) is 68.5 cm³/mol. The normalized spacial score (nSPS) is 12.5. The maximum absolute atomic E-state index is 9.37. The second-order valence-corrected chi connectivity index (χ2v) is 4.34. The monoisotopic (exact) mass is 238 g/mol. The number of aliphatic hydroxyl groups excluding tert-OH is 2. The van der Waals surface area contributed by atoms with E-state index in [2.05, 4.69) is 13.8 Å². The molecule has 1 atom stereocenters. The second kappa shape index (κ2) is 6.62. The summed E-state index contributed by atoms with van der Waals surface area (Å²) in [6.45, 7) is 6.57. The quantitative estimate of drug-likeness (QED) is 0.797. The molecule has 0 fully saturated rings. The van der Waals surface area contributed by atoms with Crippen molar-refractivity contribution >= 4 is 0 Å².